The van der Waals surface area contributed by atoms with Crippen LogP contribution < -0.4 is 20.4 Å². The summed E-state index contributed by atoms with van der Waals surface area (Å²) in [5.74, 6) is -1.34. The minimum Gasteiger partial charge on any atom is -0.486 e. The van der Waals surface area contributed by atoms with E-state index in [-0.39, 0.29) is 58.0 Å². The molecule has 1 aromatic heterocycles. The summed E-state index contributed by atoms with van der Waals surface area (Å²) in [6.45, 7) is 10.7. The summed E-state index contributed by atoms with van der Waals surface area (Å²) < 4.78 is 43.3. The van der Waals surface area contributed by atoms with Crippen LogP contribution in [0.3, 0.4) is 0 Å². The second-order valence-electron chi connectivity index (χ2n) is 13.7. The number of piperidine rings is 1. The van der Waals surface area contributed by atoms with E-state index in [1.807, 2.05) is 26.8 Å². The van der Waals surface area contributed by atoms with Crippen molar-refractivity contribution in [1.82, 2.24) is 19.8 Å². The van der Waals surface area contributed by atoms with Crippen molar-refractivity contribution < 1.29 is 33.5 Å². The number of ether oxygens (including phenoxy) is 2. The molecule has 0 aliphatic carbocycles. The molecular formula is C37H45F2N6O5+. The minimum absolute atomic E-state index is 0.0250. The highest BCUT2D eigenvalue weighted by Gasteiger charge is 2.45. The Morgan fingerprint density at radius 2 is 1.86 bits per heavy atom. The minimum atomic E-state index is -1.94. The van der Waals surface area contributed by atoms with E-state index in [4.69, 9.17) is 9.47 Å². The average molecular weight is 692 g/mol. The molecule has 1 saturated heterocycles. The number of benzene rings is 3. The highest BCUT2D eigenvalue weighted by molar-refractivity contribution is 5.86. The van der Waals surface area contributed by atoms with Gasteiger partial charge in [-0.25, -0.2) is 18.7 Å². The van der Waals surface area contributed by atoms with E-state index in [9.17, 15) is 15.2 Å². The fraction of sp³-hybridized carbons (Fsp3) is 0.432. The molecule has 2 aliphatic rings. The highest BCUT2D eigenvalue weighted by atomic mass is 19.1. The number of carbonyl (C=O) groups excluding carboxylic acids is 1. The maximum atomic E-state index is 16.2. The number of nitrogens with one attached hydrogen (secondary N) is 2. The van der Waals surface area contributed by atoms with Gasteiger partial charge < -0.3 is 19.7 Å². The molecule has 1 unspecified atom stereocenters. The van der Waals surface area contributed by atoms with Crippen molar-refractivity contribution in [1.29, 1.82) is 0 Å². The zero-order valence-electron chi connectivity index (χ0n) is 29.1. The first-order valence-electron chi connectivity index (χ1n) is 17.0. The lowest BCUT2D eigenvalue weighted by atomic mass is 9.73. The molecule has 4 N–H and O–H groups in total. The Bertz CT molecular complexity index is 1900. The van der Waals surface area contributed by atoms with Crippen molar-refractivity contribution >= 4 is 34.0 Å². The SMILES string of the molecule is CCc1cc2c(c([N+](O)(O)Nc3cccc(-c4ccc5nc(NC6CCN(CCOC)CC6)ncc5c4F)c3F)c1)OCC2C(C)(C)C(C)=O. The molecule has 4 aromatic rings. The standard InChI is InChI=1S/C37H45F2N6O5/c1-6-23-18-27-29(37(3,4)22(2)46)21-50-35(27)32(19-23)45(47,48)43-31-9-7-8-25(34(31)39)26-10-11-30-28(33(26)38)20-40-36(42-30)41-24-12-14-44(15-13-24)16-17-49-5/h7-11,18-20,24,29,43,47-48H,6,12-17,21H2,1-5H3,(H,40,41,42)/q+1. The van der Waals surface area contributed by atoms with Gasteiger partial charge >= 0.3 is 0 Å². The summed E-state index contributed by atoms with van der Waals surface area (Å²) in [4.78, 5) is 21.8. The van der Waals surface area contributed by atoms with Crippen LogP contribution in [0.4, 0.5) is 26.1 Å². The molecule has 1 atom stereocenters. The number of hydrogen-bond donors (Lipinski definition) is 4. The zero-order chi connectivity index (χ0) is 35.8. The lowest BCUT2D eigenvalue weighted by Gasteiger charge is -2.32. The average Bonchev–Trinajstić information content (AvgIpc) is 3.53. The predicted molar refractivity (Wildman–Crippen MR) is 187 cm³/mol. The van der Waals surface area contributed by atoms with E-state index in [0.29, 0.717) is 30.1 Å². The van der Waals surface area contributed by atoms with Crippen LogP contribution in [-0.4, -0.2) is 77.1 Å². The molecule has 50 heavy (non-hydrogen) atoms. The normalized spacial score (nSPS) is 17.1. The molecule has 0 radical (unpaired) electrons. The fourth-order valence-electron chi connectivity index (χ4n) is 6.75. The molecule has 6 rings (SSSR count). The van der Waals surface area contributed by atoms with Crippen molar-refractivity contribution in [3.05, 3.63) is 71.4 Å². The van der Waals surface area contributed by atoms with Crippen LogP contribution in [0.5, 0.6) is 5.75 Å². The number of likely N-dealkylation sites (tertiary alicyclic amines) is 1. The Labute approximate surface area is 290 Å². The van der Waals surface area contributed by atoms with Crippen LogP contribution in [0, 0.1) is 17.0 Å². The van der Waals surface area contributed by atoms with Crippen LogP contribution in [0.25, 0.3) is 22.0 Å². The molecule has 0 bridgehead atoms. The number of ketones is 1. The lowest BCUT2D eigenvalue weighted by Crippen LogP contribution is -2.48. The van der Waals surface area contributed by atoms with Gasteiger partial charge in [-0.3, -0.25) is 4.79 Å². The van der Waals surface area contributed by atoms with E-state index in [1.165, 1.54) is 37.4 Å². The molecule has 11 nitrogen and oxygen atoms in total. The van der Waals surface area contributed by atoms with Crippen molar-refractivity contribution in [3.8, 4) is 16.9 Å². The van der Waals surface area contributed by atoms with Crippen LogP contribution >= 0.6 is 0 Å². The first-order valence-corrected chi connectivity index (χ1v) is 17.0. The fourth-order valence-corrected chi connectivity index (χ4v) is 6.75. The van der Waals surface area contributed by atoms with E-state index in [0.717, 1.165) is 38.0 Å². The molecular weight excluding hydrogens is 646 g/mol. The Hall–Kier alpha value is -4.27. The highest BCUT2D eigenvalue weighted by Crippen LogP contribution is 2.50. The van der Waals surface area contributed by atoms with Gasteiger partial charge in [-0.2, -0.15) is 5.43 Å². The third kappa shape index (κ3) is 6.88. The zero-order valence-corrected chi connectivity index (χ0v) is 29.1. The molecule has 0 saturated carbocycles. The topological polar surface area (TPSA) is 129 Å². The number of aromatic nitrogens is 2. The van der Waals surface area contributed by atoms with Gasteiger partial charge in [0.2, 0.25) is 5.95 Å². The number of hydrogen-bond acceptors (Lipinski definition) is 10. The number of quaternary nitrogens is 1. The van der Waals surface area contributed by atoms with E-state index in [1.54, 1.807) is 19.2 Å². The Morgan fingerprint density at radius 3 is 2.56 bits per heavy atom. The van der Waals surface area contributed by atoms with Crippen molar-refractivity contribution in [3.63, 3.8) is 0 Å². The number of methoxy groups -OCH3 is 1. The summed E-state index contributed by atoms with van der Waals surface area (Å²) in [6.07, 6.45) is 3.79. The first kappa shape index (κ1) is 35.6. The van der Waals surface area contributed by atoms with Gasteiger partial charge in [0.15, 0.2) is 11.6 Å². The number of carbonyl (C=O) groups is 1. The monoisotopic (exact) mass is 691 g/mol. The summed E-state index contributed by atoms with van der Waals surface area (Å²) in [7, 11) is 1.70. The number of aryl methyl sites for hydroxylation is 1. The number of fused-ring (bicyclic) bond motifs is 2. The molecule has 0 amide bonds. The van der Waals surface area contributed by atoms with Crippen LogP contribution in [0.2, 0.25) is 0 Å². The summed E-state index contributed by atoms with van der Waals surface area (Å²) >= 11 is 0. The molecule has 13 heteroatoms. The first-order chi connectivity index (χ1) is 23.8. The van der Waals surface area contributed by atoms with Gasteiger partial charge in [0.25, 0.3) is 5.69 Å². The third-order valence-corrected chi connectivity index (χ3v) is 10.2. The van der Waals surface area contributed by atoms with Crippen molar-refractivity contribution in [2.24, 2.45) is 5.41 Å². The van der Waals surface area contributed by atoms with E-state index in [2.05, 4.69) is 25.6 Å². The molecule has 0 spiro atoms. The lowest BCUT2D eigenvalue weighted by molar-refractivity contribution is -0.273. The Balaban J connectivity index is 1.25. The van der Waals surface area contributed by atoms with Crippen molar-refractivity contribution in [2.45, 2.75) is 58.9 Å². The molecule has 2 aliphatic heterocycles. The largest absolute Gasteiger partial charge is 0.486 e. The molecule has 266 valence electrons. The van der Waals surface area contributed by atoms with Gasteiger partial charge in [0.05, 0.1) is 29.0 Å². The summed E-state index contributed by atoms with van der Waals surface area (Å²) in [5.41, 5.74) is 3.01. The number of nitrogens with zero attached hydrogens (tertiary/aromatic N) is 4. The quantitative estimate of drug-likeness (QED) is 0.0924. The number of halogens is 2. The van der Waals surface area contributed by atoms with Crippen LogP contribution in [0.15, 0.2) is 48.7 Å². The van der Waals surface area contributed by atoms with Crippen LogP contribution in [0.1, 0.15) is 57.6 Å². The molecule has 3 heterocycles. The number of anilines is 2. The third-order valence-electron chi connectivity index (χ3n) is 10.2. The Morgan fingerprint density at radius 1 is 1.12 bits per heavy atom. The maximum absolute atomic E-state index is 16.2. The van der Waals surface area contributed by atoms with Crippen molar-refractivity contribution in [2.75, 3.05) is 50.7 Å². The Kier molecular flexibility index (Phi) is 10.1. The van der Waals surface area contributed by atoms with E-state index >= 15 is 8.78 Å². The molecule has 3 aromatic carbocycles. The van der Waals surface area contributed by atoms with Crippen LogP contribution in [-0.2, 0) is 16.0 Å². The number of rotatable bonds is 12. The predicted octanol–water partition coefficient (Wildman–Crippen LogP) is 6.86. The smallest absolute Gasteiger partial charge is 0.269 e. The summed E-state index contributed by atoms with van der Waals surface area (Å²) in [6, 6.07) is 11.0. The van der Waals surface area contributed by atoms with Gasteiger partial charge in [-0.1, -0.05) is 39.0 Å². The van der Waals surface area contributed by atoms with Gasteiger partial charge in [0.1, 0.15) is 17.3 Å². The van der Waals surface area contributed by atoms with Gasteiger partial charge in [-0.05, 0) is 49.9 Å². The second kappa shape index (κ2) is 14.2. The van der Waals surface area contributed by atoms with Gasteiger partial charge in [-0.15, -0.1) is 10.4 Å². The molecule has 1 fully saturated rings. The number of Topliss-reactive ketones (excluding diaryl/α,β-unsaturated/α-hetero) is 1. The maximum Gasteiger partial charge on any atom is 0.269 e. The van der Waals surface area contributed by atoms with Gasteiger partial charge in [0, 0.05) is 73.1 Å². The van der Waals surface area contributed by atoms with E-state index < -0.39 is 22.0 Å². The second-order valence-corrected chi connectivity index (χ2v) is 13.7. The summed E-state index contributed by atoms with van der Waals surface area (Å²) in [5, 5.41) is 26.2.